The van der Waals surface area contributed by atoms with Gasteiger partial charge in [0.25, 0.3) is 11.6 Å². The number of benzene rings is 2. The summed E-state index contributed by atoms with van der Waals surface area (Å²) in [5.41, 5.74) is 0.784. The molecule has 10 heteroatoms. The Morgan fingerprint density at radius 3 is 2.50 bits per heavy atom. The van der Waals surface area contributed by atoms with Gasteiger partial charge in [-0.25, -0.2) is 14.6 Å². The van der Waals surface area contributed by atoms with E-state index < -0.39 is 4.92 Å². The van der Waals surface area contributed by atoms with E-state index in [1.54, 1.807) is 53.5 Å². The van der Waals surface area contributed by atoms with Crippen molar-refractivity contribution in [1.82, 2.24) is 19.7 Å². The SMILES string of the molecule is O=C(Nc1ccc(Oc2cc(-n3cccn3)ncn2)cc1)c1ccc([N+](=O)[O-])cc1. The maximum atomic E-state index is 12.3. The van der Waals surface area contributed by atoms with Crippen LogP contribution in [0.5, 0.6) is 11.6 Å². The Kier molecular flexibility index (Phi) is 5.12. The summed E-state index contributed by atoms with van der Waals surface area (Å²) < 4.78 is 7.32. The van der Waals surface area contributed by atoms with Gasteiger partial charge in [-0.15, -0.1) is 0 Å². The summed E-state index contributed by atoms with van der Waals surface area (Å²) in [5, 5.41) is 17.5. The van der Waals surface area contributed by atoms with E-state index in [9.17, 15) is 14.9 Å². The highest BCUT2D eigenvalue weighted by Gasteiger charge is 2.10. The maximum Gasteiger partial charge on any atom is 0.269 e. The molecule has 0 fully saturated rings. The molecule has 148 valence electrons. The van der Waals surface area contributed by atoms with Crippen LogP contribution in [0.4, 0.5) is 11.4 Å². The standard InChI is InChI=1S/C20H14N6O4/c27-20(14-2-6-16(7-3-14)26(28)29)24-15-4-8-17(9-5-15)30-19-12-18(21-13-22-19)25-11-1-10-23-25/h1-13H,(H,24,27). The number of nitrogens with one attached hydrogen (secondary N) is 1. The minimum absolute atomic E-state index is 0.0755. The molecule has 0 bridgehead atoms. The van der Waals surface area contributed by atoms with E-state index in [0.29, 0.717) is 28.7 Å². The van der Waals surface area contributed by atoms with Gasteiger partial charge < -0.3 is 10.1 Å². The van der Waals surface area contributed by atoms with E-state index in [1.807, 2.05) is 0 Å². The van der Waals surface area contributed by atoms with Gasteiger partial charge in [-0.2, -0.15) is 5.10 Å². The molecule has 0 saturated heterocycles. The molecule has 0 saturated carbocycles. The van der Waals surface area contributed by atoms with E-state index in [4.69, 9.17) is 4.74 Å². The van der Waals surface area contributed by atoms with Crippen molar-refractivity contribution < 1.29 is 14.5 Å². The lowest BCUT2D eigenvalue weighted by atomic mass is 10.2. The molecular formula is C20H14N6O4. The summed E-state index contributed by atoms with van der Waals surface area (Å²) in [5.74, 6) is 1.06. The Bertz CT molecular complexity index is 1170. The smallest absolute Gasteiger partial charge is 0.269 e. The Morgan fingerprint density at radius 2 is 1.83 bits per heavy atom. The second-order valence-electron chi connectivity index (χ2n) is 6.05. The van der Waals surface area contributed by atoms with Crippen LogP contribution in [0.1, 0.15) is 10.4 Å². The molecule has 4 rings (SSSR count). The molecule has 1 N–H and O–H groups in total. The van der Waals surface area contributed by atoms with Crippen LogP contribution in [0.25, 0.3) is 5.82 Å². The third-order valence-corrected chi connectivity index (χ3v) is 4.04. The molecule has 0 aliphatic carbocycles. The number of nitro groups is 1. The lowest BCUT2D eigenvalue weighted by Crippen LogP contribution is -2.11. The predicted octanol–water partition coefficient (Wildman–Crippen LogP) is 3.62. The Hall–Kier alpha value is -4.60. The van der Waals surface area contributed by atoms with E-state index >= 15 is 0 Å². The summed E-state index contributed by atoms with van der Waals surface area (Å²) in [6, 6.07) is 15.5. The van der Waals surface area contributed by atoms with Gasteiger partial charge in [0.05, 0.1) is 4.92 Å². The molecule has 0 atom stereocenters. The molecular weight excluding hydrogens is 388 g/mol. The van der Waals surface area contributed by atoms with Crippen LogP contribution >= 0.6 is 0 Å². The normalized spacial score (nSPS) is 10.4. The number of non-ortho nitro benzene ring substituents is 1. The fourth-order valence-electron chi connectivity index (χ4n) is 2.58. The van der Waals surface area contributed by atoms with Gasteiger partial charge in [0, 0.05) is 41.8 Å². The number of carbonyl (C=O) groups excluding carboxylic acids is 1. The Morgan fingerprint density at radius 1 is 1.07 bits per heavy atom. The first kappa shape index (κ1) is 18.7. The number of carbonyl (C=O) groups is 1. The third-order valence-electron chi connectivity index (χ3n) is 4.04. The number of nitro benzene ring substituents is 1. The molecule has 0 radical (unpaired) electrons. The van der Waals surface area contributed by atoms with Gasteiger partial charge in [0.15, 0.2) is 5.82 Å². The first-order chi connectivity index (χ1) is 14.6. The van der Waals surface area contributed by atoms with Crippen LogP contribution < -0.4 is 10.1 Å². The number of nitrogens with zero attached hydrogens (tertiary/aromatic N) is 5. The zero-order valence-electron chi connectivity index (χ0n) is 15.4. The lowest BCUT2D eigenvalue weighted by Gasteiger charge is -2.08. The van der Waals surface area contributed by atoms with Crippen LogP contribution in [-0.4, -0.2) is 30.6 Å². The van der Waals surface area contributed by atoms with E-state index in [2.05, 4.69) is 20.4 Å². The molecule has 0 spiro atoms. The number of aromatic nitrogens is 4. The largest absolute Gasteiger partial charge is 0.439 e. The van der Waals surface area contributed by atoms with Gasteiger partial charge in [0.2, 0.25) is 5.88 Å². The van der Waals surface area contributed by atoms with Crippen molar-refractivity contribution in [3.63, 3.8) is 0 Å². The zero-order valence-corrected chi connectivity index (χ0v) is 15.4. The highest BCUT2D eigenvalue weighted by Crippen LogP contribution is 2.23. The average Bonchev–Trinajstić information content (AvgIpc) is 3.30. The van der Waals surface area contributed by atoms with Gasteiger partial charge in [-0.05, 0) is 42.5 Å². The molecule has 0 aliphatic heterocycles. The molecule has 2 heterocycles. The van der Waals surface area contributed by atoms with Gasteiger partial charge >= 0.3 is 0 Å². The number of amides is 1. The van der Waals surface area contributed by atoms with Gasteiger partial charge in [-0.3, -0.25) is 14.9 Å². The van der Waals surface area contributed by atoms with Crippen molar-refractivity contribution in [3.8, 4) is 17.4 Å². The first-order valence-electron chi connectivity index (χ1n) is 8.74. The number of hydrogen-bond donors (Lipinski definition) is 1. The molecule has 1 amide bonds. The first-order valence-corrected chi connectivity index (χ1v) is 8.74. The minimum atomic E-state index is -0.518. The van der Waals surface area contributed by atoms with Crippen molar-refractivity contribution in [3.05, 3.63) is 95.1 Å². The van der Waals surface area contributed by atoms with E-state index in [1.165, 1.54) is 30.6 Å². The molecule has 0 aliphatic rings. The highest BCUT2D eigenvalue weighted by molar-refractivity contribution is 6.04. The van der Waals surface area contributed by atoms with Crippen molar-refractivity contribution in [2.45, 2.75) is 0 Å². The average molecular weight is 402 g/mol. The van der Waals surface area contributed by atoms with Crippen LogP contribution in [-0.2, 0) is 0 Å². The van der Waals surface area contributed by atoms with Crippen molar-refractivity contribution in [2.75, 3.05) is 5.32 Å². The quantitative estimate of drug-likeness (QED) is 0.386. The Labute approximate surface area is 169 Å². The van der Waals surface area contributed by atoms with Crippen LogP contribution in [0.3, 0.4) is 0 Å². The second-order valence-corrected chi connectivity index (χ2v) is 6.05. The van der Waals surface area contributed by atoms with Crippen LogP contribution in [0.2, 0.25) is 0 Å². The number of hydrogen-bond acceptors (Lipinski definition) is 7. The fourth-order valence-corrected chi connectivity index (χ4v) is 2.58. The number of anilines is 1. The van der Waals surface area contributed by atoms with Crippen molar-refractivity contribution in [1.29, 1.82) is 0 Å². The topological polar surface area (TPSA) is 125 Å². The van der Waals surface area contributed by atoms with Crippen molar-refractivity contribution >= 4 is 17.3 Å². The molecule has 0 unspecified atom stereocenters. The molecule has 10 nitrogen and oxygen atoms in total. The zero-order chi connectivity index (χ0) is 20.9. The summed E-state index contributed by atoms with van der Waals surface area (Å²) in [7, 11) is 0. The molecule has 4 aromatic rings. The monoisotopic (exact) mass is 402 g/mol. The van der Waals surface area contributed by atoms with E-state index in [0.717, 1.165) is 0 Å². The summed E-state index contributed by atoms with van der Waals surface area (Å²) in [6.07, 6.45) is 4.78. The molecule has 2 aromatic carbocycles. The summed E-state index contributed by atoms with van der Waals surface area (Å²) in [4.78, 5) is 30.7. The van der Waals surface area contributed by atoms with Crippen LogP contribution in [0, 0.1) is 10.1 Å². The van der Waals surface area contributed by atoms with E-state index in [-0.39, 0.29) is 11.6 Å². The number of ether oxygens (including phenoxy) is 1. The molecule has 2 aromatic heterocycles. The Balaban J connectivity index is 1.41. The third kappa shape index (κ3) is 4.28. The van der Waals surface area contributed by atoms with Crippen molar-refractivity contribution in [2.24, 2.45) is 0 Å². The predicted molar refractivity (Wildman–Crippen MR) is 107 cm³/mol. The number of rotatable bonds is 6. The molecule has 30 heavy (non-hydrogen) atoms. The minimum Gasteiger partial charge on any atom is -0.439 e. The fraction of sp³-hybridized carbons (Fsp3) is 0. The maximum absolute atomic E-state index is 12.3. The summed E-state index contributed by atoms with van der Waals surface area (Å²) >= 11 is 0. The summed E-state index contributed by atoms with van der Waals surface area (Å²) in [6.45, 7) is 0. The van der Waals surface area contributed by atoms with Crippen LogP contribution in [0.15, 0.2) is 79.4 Å². The van der Waals surface area contributed by atoms with Gasteiger partial charge in [-0.1, -0.05) is 0 Å². The second kappa shape index (κ2) is 8.19. The lowest BCUT2D eigenvalue weighted by molar-refractivity contribution is -0.384. The highest BCUT2D eigenvalue weighted by atomic mass is 16.6. The van der Waals surface area contributed by atoms with Gasteiger partial charge in [0.1, 0.15) is 12.1 Å².